The SMILES string of the molecule is CC1(c2ccc(Cl)cc2)CN=C(N)N1C1CC1. The van der Waals surface area contributed by atoms with E-state index in [0.717, 1.165) is 11.6 Å². The van der Waals surface area contributed by atoms with E-state index in [1.807, 2.05) is 12.1 Å². The molecule has 0 saturated heterocycles. The molecule has 2 N–H and O–H groups in total. The van der Waals surface area contributed by atoms with Crippen LogP contribution in [0.2, 0.25) is 5.02 Å². The molecule has 1 fully saturated rings. The molecule has 3 rings (SSSR count). The van der Waals surface area contributed by atoms with Crippen molar-refractivity contribution < 1.29 is 0 Å². The Morgan fingerprint density at radius 2 is 2.00 bits per heavy atom. The summed E-state index contributed by atoms with van der Waals surface area (Å²) < 4.78 is 0. The van der Waals surface area contributed by atoms with Gasteiger partial charge in [-0.25, -0.2) is 0 Å². The molecule has 1 aliphatic heterocycles. The highest BCUT2D eigenvalue weighted by Gasteiger charge is 2.46. The lowest BCUT2D eigenvalue weighted by Gasteiger charge is -2.37. The van der Waals surface area contributed by atoms with E-state index in [4.69, 9.17) is 17.3 Å². The minimum atomic E-state index is -0.101. The number of halogens is 1. The number of aliphatic imine (C=N–C) groups is 1. The Morgan fingerprint density at radius 1 is 1.35 bits per heavy atom. The van der Waals surface area contributed by atoms with Gasteiger partial charge in [0.25, 0.3) is 0 Å². The molecular weight excluding hydrogens is 234 g/mol. The Hall–Kier alpha value is -1.22. The van der Waals surface area contributed by atoms with Gasteiger partial charge >= 0.3 is 0 Å². The van der Waals surface area contributed by atoms with E-state index in [1.165, 1.54) is 18.4 Å². The van der Waals surface area contributed by atoms with Crippen molar-refractivity contribution in [3.63, 3.8) is 0 Å². The van der Waals surface area contributed by atoms with Crippen molar-refractivity contribution >= 4 is 17.6 Å². The molecule has 4 heteroatoms. The molecule has 2 aliphatic rings. The lowest BCUT2D eigenvalue weighted by molar-refractivity contribution is 0.216. The minimum Gasteiger partial charge on any atom is -0.370 e. The zero-order valence-corrected chi connectivity index (χ0v) is 10.6. The Kier molecular flexibility index (Phi) is 2.33. The summed E-state index contributed by atoms with van der Waals surface area (Å²) >= 11 is 5.94. The van der Waals surface area contributed by atoms with Gasteiger partial charge in [0, 0.05) is 11.1 Å². The van der Waals surface area contributed by atoms with E-state index >= 15 is 0 Å². The Bertz CT molecular complexity index is 464. The van der Waals surface area contributed by atoms with Gasteiger partial charge in [0.15, 0.2) is 5.96 Å². The first-order chi connectivity index (χ1) is 8.11. The number of rotatable bonds is 2. The zero-order valence-electron chi connectivity index (χ0n) is 9.86. The highest BCUT2D eigenvalue weighted by molar-refractivity contribution is 6.30. The molecule has 0 bridgehead atoms. The van der Waals surface area contributed by atoms with Gasteiger partial charge in [-0.1, -0.05) is 23.7 Å². The smallest absolute Gasteiger partial charge is 0.192 e. The largest absolute Gasteiger partial charge is 0.370 e. The van der Waals surface area contributed by atoms with Gasteiger partial charge in [0.2, 0.25) is 0 Å². The second kappa shape index (κ2) is 3.64. The van der Waals surface area contributed by atoms with Gasteiger partial charge in [0.05, 0.1) is 12.1 Å². The average molecular weight is 250 g/mol. The van der Waals surface area contributed by atoms with Crippen LogP contribution in [-0.2, 0) is 5.54 Å². The minimum absolute atomic E-state index is 0.101. The molecule has 3 nitrogen and oxygen atoms in total. The first-order valence-electron chi connectivity index (χ1n) is 5.96. The standard InChI is InChI=1S/C13H16ClN3/c1-13(9-2-4-10(14)5-3-9)8-16-12(15)17(13)11-6-7-11/h2-5,11H,6-8H2,1H3,(H2,15,16). The van der Waals surface area contributed by atoms with E-state index < -0.39 is 0 Å². The first kappa shape index (κ1) is 10.9. The van der Waals surface area contributed by atoms with E-state index in [-0.39, 0.29) is 5.54 Å². The maximum absolute atomic E-state index is 6.01. The molecular formula is C13H16ClN3. The van der Waals surface area contributed by atoms with Crippen molar-refractivity contribution in [2.24, 2.45) is 10.7 Å². The van der Waals surface area contributed by atoms with Crippen molar-refractivity contribution in [3.05, 3.63) is 34.9 Å². The van der Waals surface area contributed by atoms with Gasteiger partial charge in [-0.05, 0) is 37.5 Å². The summed E-state index contributed by atoms with van der Waals surface area (Å²) in [5, 5.41) is 0.766. The number of benzene rings is 1. The number of nitrogens with two attached hydrogens (primary N) is 1. The van der Waals surface area contributed by atoms with Crippen LogP contribution in [0, 0.1) is 0 Å². The molecule has 17 heavy (non-hydrogen) atoms. The van der Waals surface area contributed by atoms with Gasteiger partial charge in [-0.2, -0.15) is 0 Å². The molecule has 90 valence electrons. The van der Waals surface area contributed by atoms with E-state index in [1.54, 1.807) is 0 Å². The molecule has 1 saturated carbocycles. The Labute approximate surface area is 106 Å². The van der Waals surface area contributed by atoms with Crippen LogP contribution < -0.4 is 5.73 Å². The van der Waals surface area contributed by atoms with E-state index in [9.17, 15) is 0 Å². The monoisotopic (exact) mass is 249 g/mol. The van der Waals surface area contributed by atoms with Gasteiger partial charge in [-0.15, -0.1) is 0 Å². The van der Waals surface area contributed by atoms with Crippen LogP contribution in [0.15, 0.2) is 29.3 Å². The number of hydrogen-bond acceptors (Lipinski definition) is 3. The number of guanidine groups is 1. The van der Waals surface area contributed by atoms with Crippen LogP contribution in [0.3, 0.4) is 0 Å². The summed E-state index contributed by atoms with van der Waals surface area (Å²) in [5.74, 6) is 0.685. The third-order valence-electron chi connectivity index (χ3n) is 3.71. The first-order valence-corrected chi connectivity index (χ1v) is 6.34. The predicted molar refractivity (Wildman–Crippen MR) is 70.2 cm³/mol. The molecule has 1 atom stereocenters. The Morgan fingerprint density at radius 3 is 2.59 bits per heavy atom. The van der Waals surface area contributed by atoms with Crippen LogP contribution in [-0.4, -0.2) is 23.4 Å². The summed E-state index contributed by atoms with van der Waals surface area (Å²) in [6.45, 7) is 2.94. The second-order valence-electron chi connectivity index (χ2n) is 5.06. The zero-order chi connectivity index (χ0) is 12.0. The van der Waals surface area contributed by atoms with E-state index in [2.05, 4.69) is 28.9 Å². The fraction of sp³-hybridized carbons (Fsp3) is 0.462. The third kappa shape index (κ3) is 1.69. The third-order valence-corrected chi connectivity index (χ3v) is 3.96. The second-order valence-corrected chi connectivity index (χ2v) is 5.49. The summed E-state index contributed by atoms with van der Waals surface area (Å²) in [6.07, 6.45) is 2.44. The van der Waals surface area contributed by atoms with Gasteiger partial charge < -0.3 is 10.6 Å². The van der Waals surface area contributed by atoms with E-state index in [0.29, 0.717) is 12.0 Å². The van der Waals surface area contributed by atoms with Crippen molar-refractivity contribution in [1.82, 2.24) is 4.90 Å². The highest BCUT2D eigenvalue weighted by atomic mass is 35.5. The molecule has 1 unspecified atom stereocenters. The van der Waals surface area contributed by atoms with Crippen LogP contribution in [0.1, 0.15) is 25.3 Å². The summed E-state index contributed by atoms with van der Waals surface area (Å²) in [6, 6.07) is 8.59. The van der Waals surface area contributed by atoms with Crippen LogP contribution in [0.25, 0.3) is 0 Å². The van der Waals surface area contributed by atoms with Crippen molar-refractivity contribution in [1.29, 1.82) is 0 Å². The molecule has 0 aromatic heterocycles. The maximum atomic E-state index is 6.01. The summed E-state index contributed by atoms with van der Waals surface area (Å²) in [7, 11) is 0. The van der Waals surface area contributed by atoms with Gasteiger partial charge in [-0.3, -0.25) is 4.99 Å². The molecule has 0 spiro atoms. The number of nitrogens with zero attached hydrogens (tertiary/aromatic N) is 2. The lowest BCUT2D eigenvalue weighted by Crippen LogP contribution is -2.48. The molecule has 1 heterocycles. The number of hydrogen-bond donors (Lipinski definition) is 1. The lowest BCUT2D eigenvalue weighted by atomic mass is 9.91. The normalized spacial score (nSPS) is 28.4. The fourth-order valence-electron chi connectivity index (χ4n) is 2.60. The quantitative estimate of drug-likeness (QED) is 0.874. The molecule has 0 amide bonds. The highest BCUT2D eigenvalue weighted by Crippen LogP contribution is 2.41. The van der Waals surface area contributed by atoms with Gasteiger partial charge in [0.1, 0.15) is 0 Å². The Balaban J connectivity index is 1.97. The molecule has 0 radical (unpaired) electrons. The average Bonchev–Trinajstić information content (AvgIpc) is 3.08. The molecule has 1 aromatic rings. The maximum Gasteiger partial charge on any atom is 0.192 e. The van der Waals surface area contributed by atoms with Crippen molar-refractivity contribution in [2.45, 2.75) is 31.3 Å². The van der Waals surface area contributed by atoms with Crippen molar-refractivity contribution in [3.8, 4) is 0 Å². The summed E-state index contributed by atoms with van der Waals surface area (Å²) in [5.41, 5.74) is 7.15. The fourth-order valence-corrected chi connectivity index (χ4v) is 2.73. The van der Waals surface area contributed by atoms with Crippen LogP contribution in [0.4, 0.5) is 0 Å². The topological polar surface area (TPSA) is 41.6 Å². The van der Waals surface area contributed by atoms with Crippen molar-refractivity contribution in [2.75, 3.05) is 6.54 Å². The van der Waals surface area contributed by atoms with Crippen LogP contribution >= 0.6 is 11.6 Å². The summed E-state index contributed by atoms with van der Waals surface area (Å²) in [4.78, 5) is 6.69. The molecule has 1 aromatic carbocycles. The van der Waals surface area contributed by atoms with Crippen LogP contribution in [0.5, 0.6) is 0 Å². The molecule has 1 aliphatic carbocycles. The predicted octanol–water partition coefficient (Wildman–Crippen LogP) is 2.35.